The van der Waals surface area contributed by atoms with E-state index in [0.29, 0.717) is 5.92 Å². The molecule has 0 amide bonds. The van der Waals surface area contributed by atoms with Crippen LogP contribution in [-0.2, 0) is 6.42 Å². The van der Waals surface area contributed by atoms with Crippen LogP contribution in [0.2, 0.25) is 0 Å². The molecule has 0 radical (unpaired) electrons. The Hall–Kier alpha value is -3.49. The van der Waals surface area contributed by atoms with E-state index in [4.69, 9.17) is 0 Å². The smallest absolute Gasteiger partial charge is 0.0497 e. The van der Waals surface area contributed by atoms with Crippen LogP contribution in [0.5, 0.6) is 0 Å². The summed E-state index contributed by atoms with van der Waals surface area (Å²) in [5.74, 6) is 0.483. The number of benzene rings is 2. The lowest BCUT2D eigenvalue weighted by Gasteiger charge is -2.33. The van der Waals surface area contributed by atoms with Crippen molar-refractivity contribution in [3.05, 3.63) is 139 Å². The van der Waals surface area contributed by atoms with Crippen LogP contribution in [0.15, 0.2) is 111 Å². The third kappa shape index (κ3) is 4.45. The van der Waals surface area contributed by atoms with Gasteiger partial charge in [0.25, 0.3) is 0 Å². The van der Waals surface area contributed by atoms with Crippen molar-refractivity contribution in [3.63, 3.8) is 0 Å². The quantitative estimate of drug-likeness (QED) is 0.330. The summed E-state index contributed by atoms with van der Waals surface area (Å²) >= 11 is 2.04. The highest BCUT2D eigenvalue weighted by atomic mass is 32.2. The summed E-state index contributed by atoms with van der Waals surface area (Å²) in [6, 6.07) is 22.0. The zero-order valence-corrected chi connectivity index (χ0v) is 23.5. The Bertz CT molecular complexity index is 1690. The Morgan fingerprint density at radius 1 is 0.923 bits per heavy atom. The van der Waals surface area contributed by atoms with Crippen LogP contribution in [0.25, 0.3) is 23.9 Å². The third-order valence-corrected chi connectivity index (χ3v) is 9.86. The van der Waals surface area contributed by atoms with Gasteiger partial charge in [-0.3, -0.25) is 0 Å². The van der Waals surface area contributed by atoms with Gasteiger partial charge in [0.15, 0.2) is 0 Å². The number of hydrogen-bond donors (Lipinski definition) is 0. The number of rotatable bonds is 4. The molecule has 0 fully saturated rings. The Morgan fingerprint density at radius 3 is 2.56 bits per heavy atom. The molecule has 3 aliphatic carbocycles. The Balaban J connectivity index is 1.35. The van der Waals surface area contributed by atoms with E-state index in [9.17, 15) is 0 Å². The van der Waals surface area contributed by atoms with Gasteiger partial charge in [-0.05, 0) is 102 Å². The first kappa shape index (κ1) is 24.5. The molecule has 7 rings (SSSR count). The second kappa shape index (κ2) is 10.6. The van der Waals surface area contributed by atoms with E-state index in [0.717, 1.165) is 44.9 Å². The summed E-state index contributed by atoms with van der Waals surface area (Å²) in [6.45, 7) is 2.26. The fourth-order valence-corrected chi connectivity index (χ4v) is 8.05. The van der Waals surface area contributed by atoms with E-state index in [1.165, 1.54) is 43.6 Å². The number of fused-ring (bicyclic) bond motifs is 1. The van der Waals surface area contributed by atoms with Crippen molar-refractivity contribution in [3.8, 4) is 5.69 Å². The second-order valence-corrected chi connectivity index (χ2v) is 12.0. The zero-order valence-electron chi connectivity index (χ0n) is 22.7. The average Bonchev–Trinajstić information content (AvgIpc) is 3.30. The van der Waals surface area contributed by atoms with Crippen LogP contribution in [0.4, 0.5) is 0 Å². The largest absolute Gasteiger partial charge is 0.310 e. The van der Waals surface area contributed by atoms with Crippen molar-refractivity contribution in [1.82, 2.24) is 4.57 Å². The molecule has 1 nitrogen and oxygen atoms in total. The highest BCUT2D eigenvalue weighted by Crippen LogP contribution is 2.51. The van der Waals surface area contributed by atoms with Crippen LogP contribution in [0, 0.1) is 0 Å². The summed E-state index contributed by atoms with van der Waals surface area (Å²) in [6.07, 6.45) is 24.7. The molecular formula is C37H35NS. The van der Waals surface area contributed by atoms with Gasteiger partial charge in [-0.25, -0.2) is 0 Å². The molecule has 1 atom stereocenters. The fourth-order valence-electron chi connectivity index (χ4n) is 6.75. The van der Waals surface area contributed by atoms with Crippen molar-refractivity contribution in [1.29, 1.82) is 0 Å². The van der Waals surface area contributed by atoms with Crippen LogP contribution in [0.3, 0.4) is 0 Å². The molecule has 1 aliphatic heterocycles. The molecule has 0 bridgehead atoms. The number of thioether (sulfide) groups is 1. The van der Waals surface area contributed by atoms with E-state index in [1.807, 2.05) is 11.8 Å². The molecule has 2 aromatic carbocycles. The third-order valence-electron chi connectivity index (χ3n) is 8.54. The lowest BCUT2D eigenvalue weighted by atomic mass is 9.79. The van der Waals surface area contributed by atoms with Crippen molar-refractivity contribution in [2.75, 3.05) is 0 Å². The van der Waals surface area contributed by atoms with Gasteiger partial charge < -0.3 is 4.57 Å². The summed E-state index contributed by atoms with van der Waals surface area (Å²) in [7, 11) is 0. The summed E-state index contributed by atoms with van der Waals surface area (Å²) < 4.78 is 2.49. The maximum absolute atomic E-state index is 2.55. The fraction of sp³-hybridized carbons (Fsp3) is 0.243. The molecule has 0 saturated carbocycles. The Morgan fingerprint density at radius 2 is 1.74 bits per heavy atom. The lowest BCUT2D eigenvalue weighted by Crippen LogP contribution is -2.30. The first-order chi connectivity index (χ1) is 19.3. The predicted molar refractivity (Wildman–Crippen MR) is 168 cm³/mol. The molecule has 3 aromatic rings. The maximum atomic E-state index is 2.55. The van der Waals surface area contributed by atoms with Gasteiger partial charge in [-0.15, -0.1) is 0 Å². The molecule has 1 aromatic heterocycles. The van der Waals surface area contributed by atoms with Gasteiger partial charge in [0.05, 0.1) is 0 Å². The Labute approximate surface area is 236 Å². The number of nitrogens with zero attached hydrogens (tertiary/aromatic N) is 1. The standard InChI is InChI=1S/C37H35NS/c1-2-13-34-32(30-19-9-10-21-35(30)38(34)28-17-7-4-8-18-28)24-27-16-11-22-36-31(27)25-33-29(20-12-23-37(33)39-36)26-14-5-3-6-15-26/h3-8,10,12-18,21,23-24,29H,2,9,11,19-20,22,25H2,1H3/b32-24-,34-13+/t29-/m1/s1. The highest BCUT2D eigenvalue weighted by Gasteiger charge is 2.30. The minimum atomic E-state index is 0.483. The van der Waals surface area contributed by atoms with Crippen LogP contribution >= 0.6 is 11.8 Å². The molecule has 194 valence electrons. The van der Waals surface area contributed by atoms with Crippen LogP contribution in [-0.4, -0.2) is 4.57 Å². The highest BCUT2D eigenvalue weighted by molar-refractivity contribution is 8.07. The molecule has 39 heavy (non-hydrogen) atoms. The van der Waals surface area contributed by atoms with Crippen molar-refractivity contribution in [2.45, 2.75) is 57.8 Å². The molecule has 0 N–H and O–H groups in total. The number of aromatic nitrogens is 1. The van der Waals surface area contributed by atoms with E-state index in [-0.39, 0.29) is 0 Å². The topological polar surface area (TPSA) is 4.93 Å². The molecule has 4 aliphatic rings. The van der Waals surface area contributed by atoms with E-state index < -0.39 is 0 Å². The maximum Gasteiger partial charge on any atom is 0.0497 e. The first-order valence-electron chi connectivity index (χ1n) is 14.5. The zero-order chi connectivity index (χ0) is 26.2. The Kier molecular flexibility index (Phi) is 6.66. The van der Waals surface area contributed by atoms with E-state index in [1.54, 1.807) is 16.1 Å². The molecule has 0 unspecified atom stereocenters. The number of hydrogen-bond acceptors (Lipinski definition) is 1. The SMILES string of the molecule is CC/C=c1\c(=C/C2=CCCC3=C2CC2=C(C=CC[C@@H]2c2ccccc2)S3)c2c(n1-c1ccccc1)C=CCC2. The number of para-hydroxylation sites is 1. The van der Waals surface area contributed by atoms with Gasteiger partial charge >= 0.3 is 0 Å². The average molecular weight is 526 g/mol. The van der Waals surface area contributed by atoms with Gasteiger partial charge in [0.2, 0.25) is 0 Å². The molecule has 0 spiro atoms. The van der Waals surface area contributed by atoms with E-state index >= 15 is 0 Å². The summed E-state index contributed by atoms with van der Waals surface area (Å²) in [5.41, 5.74) is 10.2. The van der Waals surface area contributed by atoms with Crippen molar-refractivity contribution in [2.24, 2.45) is 0 Å². The van der Waals surface area contributed by atoms with Crippen LogP contribution in [0.1, 0.15) is 68.2 Å². The minimum Gasteiger partial charge on any atom is -0.310 e. The summed E-state index contributed by atoms with van der Waals surface area (Å²) in [5, 5.41) is 2.77. The molecule has 2 heteroatoms. The van der Waals surface area contributed by atoms with Gasteiger partial charge in [-0.1, -0.05) is 97.6 Å². The first-order valence-corrected chi connectivity index (χ1v) is 15.4. The second-order valence-electron chi connectivity index (χ2n) is 10.9. The monoisotopic (exact) mass is 525 g/mol. The number of allylic oxidation sites excluding steroid dienone is 8. The van der Waals surface area contributed by atoms with Crippen LogP contribution < -0.4 is 10.6 Å². The van der Waals surface area contributed by atoms with Gasteiger partial charge in [0.1, 0.15) is 0 Å². The molecule has 2 heterocycles. The van der Waals surface area contributed by atoms with Gasteiger partial charge in [0, 0.05) is 32.8 Å². The van der Waals surface area contributed by atoms with E-state index in [2.05, 4.69) is 115 Å². The lowest BCUT2D eigenvalue weighted by molar-refractivity contribution is 0.759. The van der Waals surface area contributed by atoms with Crippen molar-refractivity contribution < 1.29 is 0 Å². The predicted octanol–water partition coefficient (Wildman–Crippen LogP) is 8.52. The molecular weight excluding hydrogens is 490 g/mol. The molecule has 0 saturated heterocycles. The minimum absolute atomic E-state index is 0.483. The van der Waals surface area contributed by atoms with Gasteiger partial charge in [-0.2, -0.15) is 0 Å². The summed E-state index contributed by atoms with van der Waals surface area (Å²) in [4.78, 5) is 3.07. The van der Waals surface area contributed by atoms with Crippen molar-refractivity contribution >= 4 is 30.0 Å². The normalized spacial score (nSPS) is 21.2.